The minimum Gasteiger partial charge on any atom is -0.378 e. The molecule has 5 rings (SSSR count). The fourth-order valence-corrected chi connectivity index (χ4v) is 5.46. The summed E-state index contributed by atoms with van der Waals surface area (Å²) in [6.07, 6.45) is 0.240. The van der Waals surface area contributed by atoms with E-state index in [4.69, 9.17) is 14.5 Å². The van der Waals surface area contributed by atoms with Gasteiger partial charge in [0, 0.05) is 48.6 Å². The van der Waals surface area contributed by atoms with Crippen LogP contribution >= 0.6 is 11.3 Å². The second-order valence-electron chi connectivity index (χ2n) is 8.70. The topological polar surface area (TPSA) is 71.9 Å². The van der Waals surface area contributed by atoms with E-state index in [1.807, 2.05) is 11.4 Å². The predicted octanol–water partition coefficient (Wildman–Crippen LogP) is 3.41. The van der Waals surface area contributed by atoms with Gasteiger partial charge >= 0.3 is 0 Å². The summed E-state index contributed by atoms with van der Waals surface area (Å²) in [5, 5.41) is 6.01. The molecule has 0 unspecified atom stereocenters. The molecule has 0 atom stereocenters. The van der Waals surface area contributed by atoms with E-state index in [1.165, 1.54) is 0 Å². The van der Waals surface area contributed by atoms with Crippen molar-refractivity contribution in [3.63, 3.8) is 0 Å². The maximum absolute atomic E-state index is 13.0. The lowest BCUT2D eigenvalue weighted by atomic mass is 10.1. The number of hydrogen-bond acceptors (Lipinski definition) is 7. The molecule has 2 fully saturated rings. The van der Waals surface area contributed by atoms with Crippen LogP contribution in [0, 0.1) is 13.8 Å². The number of thiazole rings is 1. The van der Waals surface area contributed by atoms with Crippen molar-refractivity contribution in [2.24, 2.45) is 0 Å². The summed E-state index contributed by atoms with van der Waals surface area (Å²) in [5.41, 5.74) is 6.08. The number of aryl methyl sites for hydroxylation is 2. The number of anilines is 3. The van der Waals surface area contributed by atoms with Crippen LogP contribution in [0.2, 0.25) is 0 Å². The molecule has 0 radical (unpaired) electrons. The summed E-state index contributed by atoms with van der Waals surface area (Å²) in [4.78, 5) is 22.4. The van der Waals surface area contributed by atoms with Gasteiger partial charge in [-0.15, -0.1) is 11.3 Å². The van der Waals surface area contributed by atoms with Crippen molar-refractivity contribution < 1.29 is 14.3 Å². The molecule has 1 aromatic carbocycles. The number of benzene rings is 1. The van der Waals surface area contributed by atoms with Crippen molar-refractivity contribution in [1.82, 2.24) is 9.55 Å². The van der Waals surface area contributed by atoms with E-state index in [9.17, 15) is 4.79 Å². The lowest BCUT2D eigenvalue weighted by Crippen LogP contribution is -2.38. The smallest absolute Gasteiger partial charge is 0.230 e. The molecule has 4 heterocycles. The number of hydrogen-bond donors (Lipinski definition) is 1. The number of rotatable bonds is 6. The molecule has 2 aromatic heterocycles. The summed E-state index contributed by atoms with van der Waals surface area (Å²) >= 11 is 1.56. The van der Waals surface area contributed by atoms with Gasteiger partial charge < -0.3 is 24.6 Å². The molecule has 9 heteroatoms. The Balaban J connectivity index is 1.33. The van der Waals surface area contributed by atoms with Crippen LogP contribution in [0.4, 0.5) is 17.1 Å². The minimum atomic E-state index is -0.0635. The van der Waals surface area contributed by atoms with E-state index >= 15 is 0 Å². The number of ether oxygens (including phenoxy) is 2. The first-order valence-electron chi connectivity index (χ1n) is 11.8. The zero-order valence-corrected chi connectivity index (χ0v) is 20.6. The lowest BCUT2D eigenvalue weighted by Gasteiger charge is -2.33. The van der Waals surface area contributed by atoms with Crippen LogP contribution < -0.4 is 15.1 Å². The van der Waals surface area contributed by atoms with Crippen molar-refractivity contribution in [3.05, 3.63) is 52.8 Å². The minimum absolute atomic E-state index is 0.0635. The van der Waals surface area contributed by atoms with Gasteiger partial charge in [-0.1, -0.05) is 0 Å². The summed E-state index contributed by atoms with van der Waals surface area (Å²) in [5.74, 6) is -0.0635. The molecule has 0 spiro atoms. The molecule has 2 aliphatic rings. The zero-order valence-electron chi connectivity index (χ0n) is 19.7. The van der Waals surface area contributed by atoms with E-state index in [0.29, 0.717) is 13.2 Å². The van der Waals surface area contributed by atoms with Gasteiger partial charge in [0.25, 0.3) is 0 Å². The van der Waals surface area contributed by atoms with Crippen molar-refractivity contribution in [2.45, 2.75) is 20.3 Å². The standard InChI is InChI=1S/C25H31N5O3S/c1-18-3-4-19(2)30(18)25-26-20(17-34-25)15-24(31)27-22-6-5-21(28-7-11-32-12-8-28)16-23(22)29-9-13-33-14-10-29/h3-6,16-17H,7-15H2,1-2H3,(H,27,31). The van der Waals surface area contributed by atoms with Gasteiger partial charge in [-0.05, 0) is 44.2 Å². The Labute approximate surface area is 204 Å². The van der Waals surface area contributed by atoms with E-state index in [2.05, 4.69) is 57.8 Å². The first kappa shape index (κ1) is 22.9. The molecule has 34 heavy (non-hydrogen) atoms. The Kier molecular flexibility index (Phi) is 6.85. The average Bonchev–Trinajstić information content (AvgIpc) is 3.45. The van der Waals surface area contributed by atoms with Gasteiger partial charge in [0.05, 0.1) is 49.9 Å². The first-order valence-corrected chi connectivity index (χ1v) is 12.7. The van der Waals surface area contributed by atoms with Crippen molar-refractivity contribution >= 4 is 34.3 Å². The maximum Gasteiger partial charge on any atom is 0.230 e. The Morgan fingerprint density at radius 1 is 0.971 bits per heavy atom. The van der Waals surface area contributed by atoms with Gasteiger partial charge in [-0.25, -0.2) is 4.98 Å². The molecule has 2 aliphatic heterocycles. The summed E-state index contributed by atoms with van der Waals surface area (Å²) in [7, 11) is 0. The molecule has 1 amide bonds. The average molecular weight is 482 g/mol. The summed E-state index contributed by atoms with van der Waals surface area (Å²) in [6, 6.07) is 10.5. The number of nitrogens with one attached hydrogen (secondary N) is 1. The van der Waals surface area contributed by atoms with E-state index in [1.54, 1.807) is 11.3 Å². The number of carbonyl (C=O) groups excluding carboxylic acids is 1. The monoisotopic (exact) mass is 481 g/mol. The van der Waals surface area contributed by atoms with Crippen LogP contribution in [0.1, 0.15) is 17.1 Å². The third-order valence-electron chi connectivity index (χ3n) is 6.33. The van der Waals surface area contributed by atoms with Gasteiger partial charge in [0.15, 0.2) is 5.13 Å². The molecule has 1 N–H and O–H groups in total. The van der Waals surface area contributed by atoms with Crippen LogP contribution in [0.15, 0.2) is 35.7 Å². The number of aromatic nitrogens is 2. The number of carbonyl (C=O) groups is 1. The van der Waals surface area contributed by atoms with Crippen LogP contribution in [-0.2, 0) is 20.7 Å². The van der Waals surface area contributed by atoms with Gasteiger partial charge in [0.2, 0.25) is 5.91 Å². The van der Waals surface area contributed by atoms with Crippen LogP contribution in [0.25, 0.3) is 5.13 Å². The number of nitrogens with zero attached hydrogens (tertiary/aromatic N) is 4. The Morgan fingerprint density at radius 3 is 2.29 bits per heavy atom. The highest BCUT2D eigenvalue weighted by atomic mass is 32.1. The second kappa shape index (κ2) is 10.2. The predicted molar refractivity (Wildman–Crippen MR) is 136 cm³/mol. The SMILES string of the molecule is Cc1ccc(C)n1-c1nc(CC(=O)Nc2ccc(N3CCOCC3)cc2N2CCOCC2)cs1. The number of amides is 1. The highest BCUT2D eigenvalue weighted by molar-refractivity contribution is 7.12. The second-order valence-corrected chi connectivity index (χ2v) is 9.53. The highest BCUT2D eigenvalue weighted by Crippen LogP contribution is 2.32. The van der Waals surface area contributed by atoms with E-state index in [0.717, 1.165) is 78.7 Å². The Hall–Kier alpha value is -2.88. The molecular formula is C25H31N5O3S. The molecule has 2 saturated heterocycles. The third-order valence-corrected chi connectivity index (χ3v) is 7.20. The lowest BCUT2D eigenvalue weighted by molar-refractivity contribution is -0.115. The maximum atomic E-state index is 13.0. The largest absolute Gasteiger partial charge is 0.378 e. The molecule has 180 valence electrons. The molecule has 0 aliphatic carbocycles. The van der Waals surface area contributed by atoms with E-state index < -0.39 is 0 Å². The highest BCUT2D eigenvalue weighted by Gasteiger charge is 2.20. The number of morpholine rings is 2. The van der Waals surface area contributed by atoms with Crippen molar-refractivity contribution in [2.75, 3.05) is 67.7 Å². The van der Waals surface area contributed by atoms with Crippen molar-refractivity contribution in [1.29, 1.82) is 0 Å². The Bertz CT molecular complexity index is 1130. The molecule has 3 aromatic rings. The third kappa shape index (κ3) is 4.96. The summed E-state index contributed by atoms with van der Waals surface area (Å²) in [6.45, 7) is 10.3. The Morgan fingerprint density at radius 2 is 1.62 bits per heavy atom. The van der Waals surface area contributed by atoms with Gasteiger partial charge in [-0.2, -0.15) is 0 Å². The van der Waals surface area contributed by atoms with Crippen molar-refractivity contribution in [3.8, 4) is 5.13 Å². The van der Waals surface area contributed by atoms with Gasteiger partial charge in [0.1, 0.15) is 0 Å². The first-order chi connectivity index (χ1) is 16.6. The van der Waals surface area contributed by atoms with Crippen LogP contribution in [-0.4, -0.2) is 68.1 Å². The fraction of sp³-hybridized carbons (Fsp3) is 0.440. The van der Waals surface area contributed by atoms with Gasteiger partial charge in [-0.3, -0.25) is 9.36 Å². The van der Waals surface area contributed by atoms with Crippen LogP contribution in [0.3, 0.4) is 0 Å². The molecule has 8 nitrogen and oxygen atoms in total. The molecule has 0 bridgehead atoms. The van der Waals surface area contributed by atoms with Crippen LogP contribution in [0.5, 0.6) is 0 Å². The fourth-order valence-electron chi connectivity index (χ4n) is 4.52. The normalized spacial score (nSPS) is 16.6. The quantitative estimate of drug-likeness (QED) is 0.582. The molecule has 0 saturated carbocycles. The summed E-state index contributed by atoms with van der Waals surface area (Å²) < 4.78 is 13.2. The van der Waals surface area contributed by atoms with E-state index in [-0.39, 0.29) is 12.3 Å². The molecular weight excluding hydrogens is 450 g/mol. The zero-order chi connectivity index (χ0) is 23.5.